The molecule has 0 atom stereocenters. The van der Waals surface area contributed by atoms with Crippen LogP contribution in [-0.4, -0.2) is 20.1 Å². The van der Waals surface area contributed by atoms with Crippen LogP contribution in [0, 0.1) is 0 Å². The minimum absolute atomic E-state index is 0.134. The molecule has 0 saturated carbocycles. The summed E-state index contributed by atoms with van der Waals surface area (Å²) in [6, 6.07) is 9.23. The van der Waals surface area contributed by atoms with Gasteiger partial charge in [-0.1, -0.05) is 18.5 Å². The zero-order valence-corrected chi connectivity index (χ0v) is 16.5. The van der Waals surface area contributed by atoms with Crippen molar-refractivity contribution < 1.29 is 13.2 Å². The van der Waals surface area contributed by atoms with E-state index in [2.05, 4.69) is 21.2 Å². The summed E-state index contributed by atoms with van der Waals surface area (Å²) in [5, 5.41) is 8.37. The van der Waals surface area contributed by atoms with Gasteiger partial charge in [0.15, 0.2) is 0 Å². The Morgan fingerprint density at radius 2 is 2.00 bits per heavy atom. The number of anilines is 1. The largest absolute Gasteiger partial charge is 0.321 e. The minimum Gasteiger partial charge on any atom is -0.321 e. The van der Waals surface area contributed by atoms with Crippen LogP contribution >= 0.6 is 39.3 Å². The first-order chi connectivity index (χ1) is 11.2. The molecule has 0 aliphatic rings. The van der Waals surface area contributed by atoms with Crippen LogP contribution in [0.4, 0.5) is 5.69 Å². The van der Waals surface area contributed by atoms with Gasteiger partial charge >= 0.3 is 0 Å². The lowest BCUT2D eigenvalue weighted by molar-refractivity contribution is 0.102. The van der Waals surface area contributed by atoms with Gasteiger partial charge in [0.25, 0.3) is 5.91 Å². The second-order valence-electron chi connectivity index (χ2n) is 4.71. The number of thioether (sulfide) groups is 1. The number of hydrogen-bond donors (Lipinski definition) is 2. The standard InChI is InChI=1S/C15H14BrClN2O3S2/c1-2-23-14-6-3-9(17)7-13(14)19-15(20)11-8-10(24(18,21)22)4-5-12(11)16/h3-8H,2H2,1H3,(H,19,20)(H2,18,21,22). The Morgan fingerprint density at radius 3 is 2.62 bits per heavy atom. The van der Waals surface area contributed by atoms with Gasteiger partial charge in [0.05, 0.1) is 16.1 Å². The van der Waals surface area contributed by atoms with Gasteiger partial charge in [0.1, 0.15) is 0 Å². The Bertz CT molecular complexity index is 888. The Hall–Kier alpha value is -1.06. The van der Waals surface area contributed by atoms with Crippen molar-refractivity contribution in [2.45, 2.75) is 16.7 Å². The molecule has 0 aromatic heterocycles. The van der Waals surface area contributed by atoms with Crippen molar-refractivity contribution in [2.24, 2.45) is 5.14 Å². The van der Waals surface area contributed by atoms with Crippen LogP contribution in [0.5, 0.6) is 0 Å². The molecule has 0 heterocycles. The molecule has 0 radical (unpaired) electrons. The molecule has 0 saturated heterocycles. The number of nitrogens with two attached hydrogens (primary N) is 1. The van der Waals surface area contributed by atoms with Crippen LogP contribution in [0.2, 0.25) is 5.02 Å². The van der Waals surface area contributed by atoms with Crippen molar-refractivity contribution >= 4 is 60.9 Å². The Labute approximate surface area is 158 Å². The zero-order chi connectivity index (χ0) is 17.9. The Kier molecular flexibility index (Phi) is 6.33. The maximum atomic E-state index is 12.6. The van der Waals surface area contributed by atoms with Crippen molar-refractivity contribution in [3.63, 3.8) is 0 Å². The third kappa shape index (κ3) is 4.73. The minimum atomic E-state index is -3.90. The van der Waals surface area contributed by atoms with Crippen LogP contribution in [0.15, 0.2) is 50.7 Å². The highest BCUT2D eigenvalue weighted by Crippen LogP contribution is 2.31. The predicted octanol–water partition coefficient (Wildman–Crippen LogP) is 4.11. The molecule has 2 rings (SSSR count). The molecule has 0 aliphatic heterocycles. The fourth-order valence-electron chi connectivity index (χ4n) is 1.93. The van der Waals surface area contributed by atoms with E-state index in [-0.39, 0.29) is 10.5 Å². The van der Waals surface area contributed by atoms with E-state index in [0.29, 0.717) is 15.2 Å². The van der Waals surface area contributed by atoms with Crippen molar-refractivity contribution in [1.29, 1.82) is 0 Å². The van der Waals surface area contributed by atoms with Crippen molar-refractivity contribution in [3.05, 3.63) is 51.5 Å². The molecule has 24 heavy (non-hydrogen) atoms. The number of amides is 1. The van der Waals surface area contributed by atoms with Gasteiger partial charge in [0.2, 0.25) is 10.0 Å². The fourth-order valence-corrected chi connectivity index (χ4v) is 3.81. The number of nitrogens with one attached hydrogen (secondary N) is 1. The van der Waals surface area contributed by atoms with Gasteiger partial charge in [-0.3, -0.25) is 4.79 Å². The number of sulfonamides is 1. The lowest BCUT2D eigenvalue weighted by Gasteiger charge is -2.12. The second kappa shape index (κ2) is 7.88. The average Bonchev–Trinajstić information content (AvgIpc) is 2.49. The van der Waals surface area contributed by atoms with E-state index >= 15 is 0 Å². The number of benzene rings is 2. The summed E-state index contributed by atoms with van der Waals surface area (Å²) in [4.78, 5) is 13.3. The molecule has 2 aromatic carbocycles. The summed E-state index contributed by atoms with van der Waals surface area (Å²) in [7, 11) is -3.90. The lowest BCUT2D eigenvalue weighted by Crippen LogP contribution is -2.16. The number of carbonyl (C=O) groups is 1. The van der Waals surface area contributed by atoms with E-state index < -0.39 is 15.9 Å². The quantitative estimate of drug-likeness (QED) is 0.672. The summed E-state index contributed by atoms with van der Waals surface area (Å²) in [6.07, 6.45) is 0. The molecule has 9 heteroatoms. The van der Waals surface area contributed by atoms with E-state index in [4.69, 9.17) is 16.7 Å². The second-order valence-corrected chi connectivity index (χ2v) is 8.87. The van der Waals surface area contributed by atoms with Crippen molar-refractivity contribution in [3.8, 4) is 0 Å². The molecule has 5 nitrogen and oxygen atoms in total. The van der Waals surface area contributed by atoms with Gasteiger partial charge in [0, 0.05) is 14.4 Å². The monoisotopic (exact) mass is 448 g/mol. The van der Waals surface area contributed by atoms with Gasteiger partial charge in [-0.2, -0.15) is 0 Å². The number of hydrogen-bond acceptors (Lipinski definition) is 4. The molecule has 0 unspecified atom stereocenters. The van der Waals surface area contributed by atoms with E-state index in [1.807, 2.05) is 13.0 Å². The summed E-state index contributed by atoms with van der Waals surface area (Å²) < 4.78 is 23.4. The predicted molar refractivity (Wildman–Crippen MR) is 101 cm³/mol. The molecule has 0 fully saturated rings. The Morgan fingerprint density at radius 1 is 1.29 bits per heavy atom. The maximum absolute atomic E-state index is 12.6. The maximum Gasteiger partial charge on any atom is 0.256 e. The zero-order valence-electron chi connectivity index (χ0n) is 12.5. The van der Waals surface area contributed by atoms with E-state index in [0.717, 1.165) is 10.6 Å². The van der Waals surface area contributed by atoms with Gasteiger partial charge < -0.3 is 5.32 Å². The molecular weight excluding hydrogens is 436 g/mol. The van der Waals surface area contributed by atoms with Crippen molar-refractivity contribution in [1.82, 2.24) is 0 Å². The van der Waals surface area contributed by atoms with Crippen molar-refractivity contribution in [2.75, 3.05) is 11.1 Å². The van der Waals surface area contributed by atoms with Gasteiger partial charge in [-0.15, -0.1) is 11.8 Å². The van der Waals surface area contributed by atoms with Crippen LogP contribution in [0.3, 0.4) is 0 Å². The number of carbonyl (C=O) groups excluding carboxylic acids is 1. The number of primary sulfonamides is 1. The number of halogens is 2. The number of rotatable bonds is 5. The van der Waals surface area contributed by atoms with E-state index in [1.54, 1.807) is 23.9 Å². The van der Waals surface area contributed by atoms with Crippen LogP contribution in [-0.2, 0) is 10.0 Å². The van der Waals surface area contributed by atoms with E-state index in [1.165, 1.54) is 18.2 Å². The summed E-state index contributed by atoms with van der Waals surface area (Å²) in [5.41, 5.74) is 0.723. The first-order valence-corrected chi connectivity index (χ1v) is 10.5. The summed E-state index contributed by atoms with van der Waals surface area (Å²) in [5.74, 6) is 0.363. The molecule has 128 valence electrons. The highest BCUT2D eigenvalue weighted by Gasteiger charge is 2.17. The molecule has 0 spiro atoms. The summed E-state index contributed by atoms with van der Waals surface area (Å²) in [6.45, 7) is 2.00. The fraction of sp³-hybridized carbons (Fsp3) is 0.133. The highest BCUT2D eigenvalue weighted by molar-refractivity contribution is 9.10. The SMILES string of the molecule is CCSc1ccc(Cl)cc1NC(=O)c1cc(S(N)(=O)=O)ccc1Br. The molecule has 2 aromatic rings. The lowest BCUT2D eigenvalue weighted by atomic mass is 10.2. The van der Waals surface area contributed by atoms with E-state index in [9.17, 15) is 13.2 Å². The van der Waals surface area contributed by atoms with Gasteiger partial charge in [-0.25, -0.2) is 13.6 Å². The smallest absolute Gasteiger partial charge is 0.256 e. The first-order valence-electron chi connectivity index (χ1n) is 6.78. The first kappa shape index (κ1) is 19.3. The van der Waals surface area contributed by atoms with Crippen LogP contribution in [0.1, 0.15) is 17.3 Å². The molecule has 3 N–H and O–H groups in total. The summed E-state index contributed by atoms with van der Waals surface area (Å²) >= 11 is 10.8. The third-order valence-electron chi connectivity index (χ3n) is 3.00. The Balaban J connectivity index is 2.39. The highest BCUT2D eigenvalue weighted by atomic mass is 79.9. The van der Waals surface area contributed by atoms with Crippen LogP contribution < -0.4 is 10.5 Å². The molecular formula is C15H14BrClN2O3S2. The van der Waals surface area contributed by atoms with Gasteiger partial charge in [-0.05, 0) is 58.1 Å². The molecule has 0 aliphatic carbocycles. The topological polar surface area (TPSA) is 89.3 Å². The normalized spacial score (nSPS) is 11.3. The molecule has 0 bridgehead atoms. The average molecular weight is 450 g/mol. The van der Waals surface area contributed by atoms with Crippen LogP contribution in [0.25, 0.3) is 0 Å². The molecule has 1 amide bonds. The third-order valence-corrected chi connectivity index (χ3v) is 5.79.